The minimum absolute atomic E-state index is 0.279. The Morgan fingerprint density at radius 3 is 2.74 bits per heavy atom. The SMILES string of the molecule is Cc1nc(CNc2nc(N3CC[C@H](N(C)C)C3)nc3c(F)c(Br)c4c(c23)COC4)no1. The van der Waals surface area contributed by atoms with E-state index in [1.165, 1.54) is 0 Å². The van der Waals surface area contributed by atoms with Gasteiger partial charge in [0.05, 0.1) is 29.6 Å². The zero-order valence-electron chi connectivity index (χ0n) is 17.6. The molecule has 1 saturated heterocycles. The fourth-order valence-corrected chi connectivity index (χ4v) is 4.71. The molecule has 0 unspecified atom stereocenters. The number of hydrogen-bond donors (Lipinski definition) is 1. The van der Waals surface area contributed by atoms with Crippen molar-refractivity contribution in [3.8, 4) is 0 Å². The molecule has 31 heavy (non-hydrogen) atoms. The van der Waals surface area contributed by atoms with Gasteiger partial charge in [-0.25, -0.2) is 9.37 Å². The number of likely N-dealkylation sites (N-methyl/N-ethyl adjacent to an activating group) is 1. The number of fused-ring (bicyclic) bond motifs is 3. The number of halogens is 2. The van der Waals surface area contributed by atoms with Gasteiger partial charge in [-0.05, 0) is 42.0 Å². The zero-order chi connectivity index (χ0) is 21.7. The lowest BCUT2D eigenvalue weighted by Gasteiger charge is -2.22. The fourth-order valence-electron chi connectivity index (χ4n) is 4.17. The molecule has 1 N–H and O–H groups in total. The predicted octanol–water partition coefficient (Wildman–Crippen LogP) is 3.01. The van der Waals surface area contributed by atoms with Crippen molar-refractivity contribution in [1.82, 2.24) is 25.0 Å². The Morgan fingerprint density at radius 1 is 1.23 bits per heavy atom. The molecule has 2 aliphatic heterocycles. The molecule has 9 nitrogen and oxygen atoms in total. The van der Waals surface area contributed by atoms with Crippen LogP contribution in [0.3, 0.4) is 0 Å². The second kappa shape index (κ2) is 7.95. The van der Waals surface area contributed by atoms with Crippen LogP contribution in [-0.2, 0) is 24.5 Å². The van der Waals surface area contributed by atoms with Crippen molar-refractivity contribution in [3.63, 3.8) is 0 Å². The first-order chi connectivity index (χ1) is 14.9. The van der Waals surface area contributed by atoms with Gasteiger partial charge in [-0.2, -0.15) is 9.97 Å². The van der Waals surface area contributed by atoms with Crippen LogP contribution in [-0.4, -0.2) is 58.2 Å². The van der Waals surface area contributed by atoms with E-state index in [2.05, 4.69) is 60.3 Å². The molecular formula is C20H23BrFN7O2. The van der Waals surface area contributed by atoms with E-state index in [-0.39, 0.29) is 5.52 Å². The maximum atomic E-state index is 15.4. The summed E-state index contributed by atoms with van der Waals surface area (Å²) in [6.07, 6.45) is 1.00. The van der Waals surface area contributed by atoms with Gasteiger partial charge in [0.1, 0.15) is 11.3 Å². The Morgan fingerprint density at radius 2 is 2.03 bits per heavy atom. The molecule has 164 valence electrons. The van der Waals surface area contributed by atoms with E-state index in [9.17, 15) is 0 Å². The number of benzene rings is 1. The largest absolute Gasteiger partial charge is 0.372 e. The molecule has 0 saturated carbocycles. The molecule has 1 aromatic carbocycles. The molecule has 3 aromatic rings. The van der Waals surface area contributed by atoms with E-state index in [4.69, 9.17) is 14.2 Å². The van der Waals surface area contributed by atoms with Crippen LogP contribution in [0.15, 0.2) is 9.00 Å². The Balaban J connectivity index is 1.61. The summed E-state index contributed by atoms with van der Waals surface area (Å²) in [4.78, 5) is 18.0. The summed E-state index contributed by atoms with van der Waals surface area (Å²) in [5, 5.41) is 7.85. The summed E-state index contributed by atoms with van der Waals surface area (Å²) in [5.74, 6) is 1.65. The van der Waals surface area contributed by atoms with Crippen LogP contribution in [0.1, 0.15) is 29.3 Å². The summed E-state index contributed by atoms with van der Waals surface area (Å²) in [6.45, 7) is 4.38. The highest BCUT2D eigenvalue weighted by Gasteiger charge is 2.30. The molecule has 1 atom stereocenters. The van der Waals surface area contributed by atoms with E-state index >= 15 is 4.39 Å². The molecule has 2 aliphatic rings. The minimum atomic E-state index is -0.398. The molecule has 1 fully saturated rings. The highest BCUT2D eigenvalue weighted by molar-refractivity contribution is 9.10. The standard InChI is InChI=1S/C20H23BrFN7O2/c1-10-24-14(27-31-10)6-23-19-15-12-8-30-9-13(12)16(21)17(22)18(15)25-20(26-19)29-5-4-11(7-29)28(2)3/h11H,4-9H2,1-3H3,(H,23,25,26)/t11-/m0/s1. The van der Waals surface area contributed by atoms with Crippen LogP contribution in [0.5, 0.6) is 0 Å². The van der Waals surface area contributed by atoms with E-state index < -0.39 is 5.82 Å². The number of rotatable bonds is 5. The van der Waals surface area contributed by atoms with Crippen molar-refractivity contribution >= 4 is 38.6 Å². The molecule has 0 spiro atoms. The smallest absolute Gasteiger partial charge is 0.228 e. The van der Waals surface area contributed by atoms with Crippen LogP contribution in [0.4, 0.5) is 16.2 Å². The first-order valence-electron chi connectivity index (χ1n) is 10.1. The number of nitrogens with zero attached hydrogens (tertiary/aromatic N) is 6. The molecule has 0 amide bonds. The fraction of sp³-hybridized carbons (Fsp3) is 0.500. The number of aryl methyl sites for hydroxylation is 1. The van der Waals surface area contributed by atoms with Gasteiger partial charge in [-0.3, -0.25) is 0 Å². The number of aromatic nitrogens is 4. The van der Waals surface area contributed by atoms with Gasteiger partial charge < -0.3 is 24.4 Å². The van der Waals surface area contributed by atoms with Gasteiger partial charge in [0.25, 0.3) is 0 Å². The number of hydrogen-bond acceptors (Lipinski definition) is 9. The van der Waals surface area contributed by atoms with Crippen LogP contribution < -0.4 is 10.2 Å². The first-order valence-corrected chi connectivity index (χ1v) is 10.9. The van der Waals surface area contributed by atoms with Crippen LogP contribution in [0.25, 0.3) is 10.9 Å². The van der Waals surface area contributed by atoms with E-state index in [0.29, 0.717) is 59.1 Å². The number of ether oxygens (including phenoxy) is 1. The molecule has 0 aliphatic carbocycles. The lowest BCUT2D eigenvalue weighted by Crippen LogP contribution is -2.32. The van der Waals surface area contributed by atoms with Crippen molar-refractivity contribution in [1.29, 1.82) is 0 Å². The third kappa shape index (κ3) is 3.64. The van der Waals surface area contributed by atoms with Crippen molar-refractivity contribution in [3.05, 3.63) is 33.1 Å². The summed E-state index contributed by atoms with van der Waals surface area (Å²) < 4.78 is 26.5. The minimum Gasteiger partial charge on any atom is -0.372 e. The lowest BCUT2D eigenvalue weighted by molar-refractivity contribution is 0.134. The number of nitrogens with one attached hydrogen (secondary N) is 1. The van der Waals surface area contributed by atoms with Crippen LogP contribution in [0, 0.1) is 12.7 Å². The quantitative estimate of drug-likeness (QED) is 0.577. The first kappa shape index (κ1) is 20.5. The normalized spacial score (nSPS) is 18.4. The summed E-state index contributed by atoms with van der Waals surface area (Å²) in [6, 6.07) is 0.406. The third-order valence-corrected chi connectivity index (χ3v) is 6.71. The van der Waals surface area contributed by atoms with E-state index in [0.717, 1.165) is 30.6 Å². The number of anilines is 2. The van der Waals surface area contributed by atoms with Crippen molar-refractivity contribution < 1.29 is 13.7 Å². The average Bonchev–Trinajstić information content (AvgIpc) is 3.50. The van der Waals surface area contributed by atoms with Gasteiger partial charge >= 0.3 is 0 Å². The maximum absolute atomic E-state index is 15.4. The Hall–Kier alpha value is -2.37. The van der Waals surface area contributed by atoms with Crippen molar-refractivity contribution in [2.45, 2.75) is 39.1 Å². The highest BCUT2D eigenvalue weighted by atomic mass is 79.9. The monoisotopic (exact) mass is 491 g/mol. The Bertz CT molecular complexity index is 1150. The molecule has 2 aromatic heterocycles. The van der Waals surface area contributed by atoms with Gasteiger partial charge in [0.2, 0.25) is 11.8 Å². The van der Waals surface area contributed by atoms with Gasteiger partial charge in [-0.1, -0.05) is 5.16 Å². The topological polar surface area (TPSA) is 92.4 Å². The maximum Gasteiger partial charge on any atom is 0.228 e. The van der Waals surface area contributed by atoms with E-state index in [1.54, 1.807) is 6.92 Å². The Kier molecular flexibility index (Phi) is 5.27. The van der Waals surface area contributed by atoms with Crippen LogP contribution >= 0.6 is 15.9 Å². The summed E-state index contributed by atoms with van der Waals surface area (Å²) >= 11 is 3.40. The molecule has 0 radical (unpaired) electrons. The van der Waals surface area contributed by atoms with Gasteiger partial charge in [-0.15, -0.1) is 0 Å². The average molecular weight is 492 g/mol. The molecule has 11 heteroatoms. The lowest BCUT2D eigenvalue weighted by atomic mass is 10.0. The highest BCUT2D eigenvalue weighted by Crippen LogP contribution is 2.40. The third-order valence-electron chi connectivity index (χ3n) is 5.88. The van der Waals surface area contributed by atoms with Crippen molar-refractivity contribution in [2.75, 3.05) is 37.4 Å². The summed E-state index contributed by atoms with van der Waals surface area (Å²) in [7, 11) is 4.13. The van der Waals surface area contributed by atoms with Gasteiger partial charge in [0, 0.05) is 31.6 Å². The molecule has 5 rings (SSSR count). The van der Waals surface area contributed by atoms with Crippen molar-refractivity contribution in [2.24, 2.45) is 0 Å². The summed E-state index contributed by atoms with van der Waals surface area (Å²) in [5.41, 5.74) is 1.98. The molecular weight excluding hydrogens is 469 g/mol. The van der Waals surface area contributed by atoms with Crippen LogP contribution in [0.2, 0.25) is 0 Å². The predicted molar refractivity (Wildman–Crippen MR) is 116 cm³/mol. The molecule has 4 heterocycles. The van der Waals surface area contributed by atoms with E-state index in [1.807, 2.05) is 0 Å². The Labute approximate surface area is 187 Å². The zero-order valence-corrected chi connectivity index (χ0v) is 19.2. The second-order valence-corrected chi connectivity index (χ2v) is 8.90. The van der Waals surface area contributed by atoms with Gasteiger partial charge in [0.15, 0.2) is 11.6 Å². The second-order valence-electron chi connectivity index (χ2n) is 8.11. The molecule has 0 bridgehead atoms.